The molecule has 0 unspecified atom stereocenters. The zero-order valence-corrected chi connectivity index (χ0v) is 20.0. The Morgan fingerprint density at radius 2 is 1.89 bits per heavy atom. The van der Waals surface area contributed by atoms with Crippen molar-refractivity contribution < 1.29 is 13.9 Å². The molecule has 5 rings (SSSR count). The van der Waals surface area contributed by atoms with Crippen LogP contribution in [0.5, 0.6) is 5.75 Å². The van der Waals surface area contributed by atoms with Crippen LogP contribution in [0.4, 0.5) is 4.39 Å². The molecule has 1 atom stereocenters. The number of nitrogens with one attached hydrogen (secondary N) is 2. The molecule has 36 heavy (non-hydrogen) atoms. The summed E-state index contributed by atoms with van der Waals surface area (Å²) in [6, 6.07) is 20.0. The number of carbonyl (C=O) groups is 1. The van der Waals surface area contributed by atoms with E-state index < -0.39 is 0 Å². The van der Waals surface area contributed by atoms with Crippen molar-refractivity contribution in [2.75, 3.05) is 7.11 Å². The van der Waals surface area contributed by atoms with Crippen molar-refractivity contribution in [3.8, 4) is 22.7 Å². The van der Waals surface area contributed by atoms with Crippen LogP contribution in [-0.2, 0) is 11.2 Å². The predicted molar refractivity (Wildman–Crippen MR) is 136 cm³/mol. The molecule has 8 heteroatoms. The number of halogens is 1. The second-order valence-corrected chi connectivity index (χ2v) is 8.62. The van der Waals surface area contributed by atoms with Crippen LogP contribution in [0, 0.1) is 5.82 Å². The van der Waals surface area contributed by atoms with E-state index >= 15 is 0 Å². The molecule has 0 saturated heterocycles. The van der Waals surface area contributed by atoms with Gasteiger partial charge >= 0.3 is 0 Å². The number of fused-ring (bicyclic) bond motifs is 1. The van der Waals surface area contributed by atoms with Crippen LogP contribution >= 0.6 is 0 Å². The van der Waals surface area contributed by atoms with Crippen LogP contribution in [0.25, 0.3) is 27.8 Å². The van der Waals surface area contributed by atoms with Gasteiger partial charge < -0.3 is 15.0 Å². The van der Waals surface area contributed by atoms with Gasteiger partial charge in [-0.05, 0) is 84.6 Å². The molecule has 2 heterocycles. The van der Waals surface area contributed by atoms with Crippen LogP contribution < -0.4 is 10.1 Å². The zero-order valence-electron chi connectivity index (χ0n) is 20.0. The monoisotopic (exact) mass is 483 g/mol. The van der Waals surface area contributed by atoms with Gasteiger partial charge in [-0.1, -0.05) is 12.1 Å². The van der Waals surface area contributed by atoms with E-state index in [0.29, 0.717) is 6.42 Å². The van der Waals surface area contributed by atoms with E-state index in [2.05, 4.69) is 20.4 Å². The summed E-state index contributed by atoms with van der Waals surface area (Å²) in [7, 11) is 1.62. The fraction of sp³-hybridized carbons (Fsp3) is 0.179. The maximum absolute atomic E-state index is 14.1. The summed E-state index contributed by atoms with van der Waals surface area (Å²) in [5, 5.41) is 7.98. The number of hydrogen-bond acceptors (Lipinski definition) is 4. The second kappa shape index (κ2) is 10.0. The number of ether oxygens (including phenoxy) is 1. The third-order valence-corrected chi connectivity index (χ3v) is 6.30. The largest absolute Gasteiger partial charge is 0.497 e. The normalized spacial score (nSPS) is 12.0. The van der Waals surface area contributed by atoms with Crippen molar-refractivity contribution in [1.82, 2.24) is 25.1 Å². The van der Waals surface area contributed by atoms with Gasteiger partial charge in [-0.15, -0.1) is 0 Å². The number of aromatic nitrogens is 4. The van der Waals surface area contributed by atoms with E-state index in [1.807, 2.05) is 55.5 Å². The number of aromatic amines is 1. The molecule has 182 valence electrons. The van der Waals surface area contributed by atoms with Gasteiger partial charge in [0.25, 0.3) is 0 Å². The minimum Gasteiger partial charge on any atom is -0.497 e. The third-order valence-electron chi connectivity index (χ3n) is 6.30. The first-order valence-corrected chi connectivity index (χ1v) is 11.7. The average molecular weight is 484 g/mol. The second-order valence-electron chi connectivity index (χ2n) is 8.62. The Morgan fingerprint density at radius 1 is 1.11 bits per heavy atom. The lowest BCUT2D eigenvalue weighted by atomic mass is 10.0. The Labute approximate surface area is 208 Å². The van der Waals surface area contributed by atoms with Gasteiger partial charge in [0, 0.05) is 23.0 Å². The highest BCUT2D eigenvalue weighted by molar-refractivity contribution is 5.91. The standard InChI is InChI=1S/C28H26FN5O2/c1-18(19-3-8-22(9-4-19)34-17-30-16-31-34)32-27(35)14-12-24-25-15-21(29)7-13-26(25)33-28(24)20-5-10-23(36-2)11-6-20/h3-11,13,15-18,33H,12,14H2,1-2H3,(H,32,35)/t18-/m0/s1. The molecule has 0 aliphatic carbocycles. The Morgan fingerprint density at radius 3 is 2.58 bits per heavy atom. The Hall–Kier alpha value is -4.46. The Balaban J connectivity index is 1.31. The quantitative estimate of drug-likeness (QED) is 0.311. The van der Waals surface area contributed by atoms with E-state index in [1.54, 1.807) is 24.2 Å². The highest BCUT2D eigenvalue weighted by Gasteiger charge is 2.17. The Kier molecular flexibility index (Phi) is 6.49. The van der Waals surface area contributed by atoms with Crippen molar-refractivity contribution in [2.45, 2.75) is 25.8 Å². The number of H-pyrrole nitrogens is 1. The molecule has 0 bridgehead atoms. The van der Waals surface area contributed by atoms with E-state index in [1.165, 1.54) is 18.5 Å². The lowest BCUT2D eigenvalue weighted by molar-refractivity contribution is -0.121. The van der Waals surface area contributed by atoms with Crippen LogP contribution in [-0.4, -0.2) is 32.8 Å². The van der Waals surface area contributed by atoms with Crippen molar-refractivity contribution in [3.63, 3.8) is 0 Å². The number of hydrogen-bond donors (Lipinski definition) is 2. The summed E-state index contributed by atoms with van der Waals surface area (Å²) in [4.78, 5) is 20.2. The molecule has 5 aromatic rings. The van der Waals surface area contributed by atoms with Gasteiger partial charge in [0.2, 0.25) is 5.91 Å². The van der Waals surface area contributed by atoms with Crippen LogP contribution in [0.3, 0.4) is 0 Å². The van der Waals surface area contributed by atoms with Crippen LogP contribution in [0.1, 0.15) is 30.5 Å². The van der Waals surface area contributed by atoms with Gasteiger partial charge in [0.15, 0.2) is 0 Å². The summed E-state index contributed by atoms with van der Waals surface area (Å²) in [6.07, 6.45) is 3.86. The molecular formula is C28H26FN5O2. The van der Waals surface area contributed by atoms with Crippen LogP contribution in [0.2, 0.25) is 0 Å². The number of rotatable bonds is 8. The number of nitrogens with zero attached hydrogens (tertiary/aromatic N) is 3. The lowest BCUT2D eigenvalue weighted by Gasteiger charge is -2.15. The molecule has 0 spiro atoms. The van der Waals surface area contributed by atoms with Crippen molar-refractivity contribution in [1.29, 1.82) is 0 Å². The first-order chi connectivity index (χ1) is 17.5. The molecule has 1 amide bonds. The van der Waals surface area contributed by atoms with Gasteiger partial charge in [0.05, 0.1) is 18.8 Å². The highest BCUT2D eigenvalue weighted by Crippen LogP contribution is 2.33. The maximum Gasteiger partial charge on any atom is 0.220 e. The summed E-state index contributed by atoms with van der Waals surface area (Å²) in [5.74, 6) is 0.371. The summed E-state index contributed by atoms with van der Waals surface area (Å²) < 4.78 is 21.0. The molecule has 0 radical (unpaired) electrons. The number of carbonyl (C=O) groups excluding carboxylic acids is 1. The molecule has 0 saturated carbocycles. The third kappa shape index (κ3) is 4.84. The van der Waals surface area contributed by atoms with Gasteiger partial charge in [-0.25, -0.2) is 14.1 Å². The molecule has 0 fully saturated rings. The minimum absolute atomic E-state index is 0.0747. The molecule has 2 N–H and O–H groups in total. The highest BCUT2D eigenvalue weighted by atomic mass is 19.1. The van der Waals surface area contributed by atoms with Crippen molar-refractivity contribution in [2.24, 2.45) is 0 Å². The summed E-state index contributed by atoms with van der Waals surface area (Å²) in [6.45, 7) is 1.95. The van der Waals surface area contributed by atoms with Crippen molar-refractivity contribution >= 4 is 16.8 Å². The van der Waals surface area contributed by atoms with Gasteiger partial charge in [0.1, 0.15) is 24.2 Å². The Bertz CT molecular complexity index is 1480. The van der Waals surface area contributed by atoms with Gasteiger partial charge in [-0.3, -0.25) is 4.79 Å². The number of aryl methyl sites for hydroxylation is 1. The first kappa shape index (κ1) is 23.3. The number of benzene rings is 3. The lowest BCUT2D eigenvalue weighted by Crippen LogP contribution is -2.26. The van der Waals surface area contributed by atoms with Gasteiger partial charge in [-0.2, -0.15) is 5.10 Å². The SMILES string of the molecule is COc1ccc(-c2[nH]c3ccc(F)cc3c2CCC(=O)N[C@@H](C)c2ccc(-n3cncn3)cc2)cc1. The fourth-order valence-corrected chi connectivity index (χ4v) is 4.38. The molecular weight excluding hydrogens is 457 g/mol. The molecule has 3 aromatic carbocycles. The first-order valence-electron chi connectivity index (χ1n) is 11.7. The smallest absolute Gasteiger partial charge is 0.220 e. The van der Waals surface area contributed by atoms with E-state index in [0.717, 1.165) is 44.7 Å². The number of amides is 1. The average Bonchev–Trinajstić information content (AvgIpc) is 3.56. The molecule has 7 nitrogen and oxygen atoms in total. The van der Waals surface area contributed by atoms with Crippen molar-refractivity contribution in [3.05, 3.63) is 96.3 Å². The van der Waals surface area contributed by atoms with E-state index in [9.17, 15) is 9.18 Å². The minimum atomic E-state index is -0.309. The topological polar surface area (TPSA) is 84.8 Å². The van der Waals surface area contributed by atoms with E-state index in [-0.39, 0.29) is 24.2 Å². The molecule has 0 aliphatic heterocycles. The number of methoxy groups -OCH3 is 1. The van der Waals surface area contributed by atoms with Crippen LogP contribution in [0.15, 0.2) is 79.4 Å². The summed E-state index contributed by atoms with van der Waals surface area (Å²) >= 11 is 0. The molecule has 2 aromatic heterocycles. The predicted octanol–water partition coefficient (Wildman–Crippen LogP) is 5.37. The summed E-state index contributed by atoms with van der Waals surface area (Å²) in [5.41, 5.74) is 5.45. The molecule has 0 aliphatic rings. The van der Waals surface area contributed by atoms with E-state index in [4.69, 9.17) is 4.74 Å². The zero-order chi connectivity index (χ0) is 25.1. The fourth-order valence-electron chi connectivity index (χ4n) is 4.38. The maximum atomic E-state index is 14.1.